The fourth-order valence-corrected chi connectivity index (χ4v) is 5.89. The molecule has 35 heavy (non-hydrogen) atoms. The first-order valence-electron chi connectivity index (χ1n) is 11.4. The first kappa shape index (κ1) is 23.3. The average Bonchev–Trinajstić information content (AvgIpc) is 3.55. The van der Waals surface area contributed by atoms with Gasteiger partial charge in [0, 0.05) is 43.3 Å². The van der Waals surface area contributed by atoms with Crippen molar-refractivity contribution in [3.63, 3.8) is 0 Å². The molecule has 0 aliphatic carbocycles. The summed E-state index contributed by atoms with van der Waals surface area (Å²) in [5.41, 5.74) is 4.08. The maximum absolute atomic E-state index is 14.7. The summed E-state index contributed by atoms with van der Waals surface area (Å²) < 4.78 is 44.2. The zero-order valence-corrected chi connectivity index (χ0v) is 20.1. The second-order valence-electron chi connectivity index (χ2n) is 8.57. The molecule has 1 atom stereocenters. The number of pyridine rings is 1. The molecule has 3 heterocycles. The lowest BCUT2D eigenvalue weighted by atomic mass is 9.91. The van der Waals surface area contributed by atoms with Crippen LogP contribution >= 0.6 is 0 Å². The van der Waals surface area contributed by atoms with Gasteiger partial charge in [0.05, 0.1) is 4.90 Å². The minimum atomic E-state index is -3.89. The van der Waals surface area contributed by atoms with Gasteiger partial charge >= 0.3 is 0 Å². The lowest BCUT2D eigenvalue weighted by molar-refractivity contribution is 0.431. The average molecular weight is 492 g/mol. The second kappa shape index (κ2) is 9.69. The predicted octanol–water partition coefficient (Wildman–Crippen LogP) is 3.85. The third-order valence-electron chi connectivity index (χ3n) is 6.35. The van der Waals surface area contributed by atoms with E-state index in [0.717, 1.165) is 35.9 Å². The van der Waals surface area contributed by atoms with Crippen LogP contribution in [0.2, 0.25) is 0 Å². The molecule has 2 aromatic carbocycles. The fourth-order valence-electron chi connectivity index (χ4n) is 4.48. The van der Waals surface area contributed by atoms with E-state index in [4.69, 9.17) is 4.98 Å². The molecule has 0 saturated heterocycles. The van der Waals surface area contributed by atoms with Gasteiger partial charge in [0.25, 0.3) is 0 Å². The number of rotatable bonds is 8. The summed E-state index contributed by atoms with van der Waals surface area (Å²) in [6, 6.07) is 17.8. The Bertz CT molecular complexity index is 1430. The van der Waals surface area contributed by atoms with Crippen LogP contribution in [0.5, 0.6) is 0 Å². The topological polar surface area (TPSA) is 80.1 Å². The molecule has 1 aliphatic rings. The second-order valence-corrected chi connectivity index (χ2v) is 10.5. The SMILES string of the molecule is CNCCC(c1ccccc1)c1cc2c(cn1)CN(S(=O)(=O)c1ccc(-n3cccn3)c(F)c1)C2. The van der Waals surface area contributed by atoms with Crippen molar-refractivity contribution in [2.24, 2.45) is 0 Å². The van der Waals surface area contributed by atoms with Gasteiger partial charge in [-0.2, -0.15) is 9.40 Å². The van der Waals surface area contributed by atoms with E-state index >= 15 is 0 Å². The summed E-state index contributed by atoms with van der Waals surface area (Å²) in [5, 5.41) is 7.21. The van der Waals surface area contributed by atoms with Crippen LogP contribution in [0.25, 0.3) is 5.69 Å². The number of aromatic nitrogens is 3. The molecule has 2 aromatic heterocycles. The molecule has 1 unspecified atom stereocenters. The van der Waals surface area contributed by atoms with Gasteiger partial charge in [-0.05, 0) is 67.0 Å². The summed E-state index contributed by atoms with van der Waals surface area (Å²) in [6.07, 6.45) is 5.79. The van der Waals surface area contributed by atoms with E-state index in [-0.39, 0.29) is 29.6 Å². The van der Waals surface area contributed by atoms with Crippen LogP contribution in [0, 0.1) is 5.82 Å². The van der Waals surface area contributed by atoms with Crippen molar-refractivity contribution in [3.8, 4) is 5.69 Å². The highest BCUT2D eigenvalue weighted by atomic mass is 32.2. The first-order chi connectivity index (χ1) is 17.0. The number of benzene rings is 2. The van der Waals surface area contributed by atoms with E-state index in [0.29, 0.717) is 0 Å². The number of sulfonamides is 1. The Kier molecular flexibility index (Phi) is 6.46. The molecule has 0 saturated carbocycles. The molecule has 4 aromatic rings. The van der Waals surface area contributed by atoms with E-state index < -0.39 is 15.8 Å². The molecule has 1 aliphatic heterocycles. The number of fused-ring (bicyclic) bond motifs is 1. The Morgan fingerprint density at radius 3 is 2.57 bits per heavy atom. The number of nitrogens with one attached hydrogen (secondary N) is 1. The molecular formula is C26H26FN5O2S. The highest BCUT2D eigenvalue weighted by Crippen LogP contribution is 2.33. The van der Waals surface area contributed by atoms with Gasteiger partial charge in [-0.3, -0.25) is 4.98 Å². The van der Waals surface area contributed by atoms with Gasteiger partial charge in [-0.15, -0.1) is 0 Å². The number of halogens is 1. The van der Waals surface area contributed by atoms with E-state index in [1.807, 2.05) is 31.3 Å². The predicted molar refractivity (Wildman–Crippen MR) is 131 cm³/mol. The van der Waals surface area contributed by atoms with Crippen LogP contribution < -0.4 is 5.32 Å². The zero-order chi connectivity index (χ0) is 24.4. The molecule has 5 rings (SSSR count). The Morgan fingerprint density at radius 2 is 1.86 bits per heavy atom. The van der Waals surface area contributed by atoms with E-state index in [9.17, 15) is 12.8 Å². The van der Waals surface area contributed by atoms with Crippen molar-refractivity contribution in [2.75, 3.05) is 13.6 Å². The van der Waals surface area contributed by atoms with Gasteiger partial charge in [-0.1, -0.05) is 30.3 Å². The quantitative estimate of drug-likeness (QED) is 0.405. The van der Waals surface area contributed by atoms with Crippen molar-refractivity contribution in [1.29, 1.82) is 0 Å². The normalized spacial score (nSPS) is 14.7. The molecule has 7 nitrogen and oxygen atoms in total. The third kappa shape index (κ3) is 4.62. The highest BCUT2D eigenvalue weighted by molar-refractivity contribution is 7.89. The standard InChI is InChI=1S/C26H26FN5O2S/c1-28-12-10-23(19-6-3-2-4-7-19)25-14-20-17-31(18-21(20)16-29-25)35(33,34)22-8-9-26(24(27)15-22)32-13-5-11-30-32/h2-9,11,13-16,23,28H,10,12,17-18H2,1H3. The van der Waals surface area contributed by atoms with Crippen LogP contribution in [0.3, 0.4) is 0 Å². The Balaban J connectivity index is 1.40. The molecule has 0 radical (unpaired) electrons. The van der Waals surface area contributed by atoms with Crippen molar-refractivity contribution >= 4 is 10.0 Å². The minimum absolute atomic E-state index is 0.0805. The third-order valence-corrected chi connectivity index (χ3v) is 8.14. The maximum atomic E-state index is 14.7. The molecular weight excluding hydrogens is 465 g/mol. The minimum Gasteiger partial charge on any atom is -0.320 e. The summed E-state index contributed by atoms with van der Waals surface area (Å²) >= 11 is 0. The Hall–Kier alpha value is -3.40. The number of hydrogen-bond acceptors (Lipinski definition) is 5. The lowest BCUT2D eigenvalue weighted by Crippen LogP contribution is -2.25. The maximum Gasteiger partial charge on any atom is 0.243 e. The van der Waals surface area contributed by atoms with Crippen LogP contribution in [0.15, 0.2) is 84.1 Å². The summed E-state index contributed by atoms with van der Waals surface area (Å²) in [6.45, 7) is 1.27. The van der Waals surface area contributed by atoms with E-state index in [1.54, 1.807) is 18.5 Å². The lowest BCUT2D eigenvalue weighted by Gasteiger charge is -2.18. The molecule has 9 heteroatoms. The van der Waals surface area contributed by atoms with Gasteiger partial charge in [0.1, 0.15) is 11.5 Å². The first-order valence-corrected chi connectivity index (χ1v) is 12.9. The molecule has 0 fully saturated rings. The van der Waals surface area contributed by atoms with Gasteiger partial charge in [0.2, 0.25) is 10.0 Å². The van der Waals surface area contributed by atoms with Crippen molar-refractivity contribution in [2.45, 2.75) is 30.3 Å². The van der Waals surface area contributed by atoms with Gasteiger partial charge < -0.3 is 5.32 Å². The van der Waals surface area contributed by atoms with Crippen LogP contribution in [-0.2, 0) is 23.1 Å². The van der Waals surface area contributed by atoms with Crippen LogP contribution in [-0.4, -0.2) is 41.1 Å². The van der Waals surface area contributed by atoms with Crippen LogP contribution in [0.1, 0.15) is 34.7 Å². The summed E-state index contributed by atoms with van der Waals surface area (Å²) in [4.78, 5) is 4.62. The molecule has 0 spiro atoms. The van der Waals surface area contributed by atoms with E-state index in [2.05, 4.69) is 22.5 Å². The molecule has 180 valence electrons. The van der Waals surface area contributed by atoms with Crippen molar-refractivity contribution < 1.29 is 12.8 Å². The Morgan fingerprint density at radius 1 is 1.06 bits per heavy atom. The monoisotopic (exact) mass is 491 g/mol. The zero-order valence-electron chi connectivity index (χ0n) is 19.3. The Labute approximate surface area is 204 Å². The number of nitrogens with zero attached hydrogens (tertiary/aromatic N) is 4. The fraction of sp³-hybridized carbons (Fsp3) is 0.231. The van der Waals surface area contributed by atoms with Gasteiger partial charge in [-0.25, -0.2) is 17.5 Å². The largest absolute Gasteiger partial charge is 0.320 e. The van der Waals surface area contributed by atoms with E-state index in [1.165, 1.54) is 32.9 Å². The smallest absolute Gasteiger partial charge is 0.243 e. The van der Waals surface area contributed by atoms with Crippen molar-refractivity contribution in [1.82, 2.24) is 24.4 Å². The van der Waals surface area contributed by atoms with Crippen LogP contribution in [0.4, 0.5) is 4.39 Å². The highest BCUT2D eigenvalue weighted by Gasteiger charge is 2.32. The summed E-state index contributed by atoms with van der Waals surface area (Å²) in [5.74, 6) is -0.547. The molecule has 0 amide bonds. The molecule has 1 N–H and O–H groups in total. The number of hydrogen-bond donors (Lipinski definition) is 1. The molecule has 0 bridgehead atoms. The summed E-state index contributed by atoms with van der Waals surface area (Å²) in [7, 11) is -1.97. The van der Waals surface area contributed by atoms with Crippen molar-refractivity contribution in [3.05, 3.63) is 107 Å². The van der Waals surface area contributed by atoms with Gasteiger partial charge in [0.15, 0.2) is 0 Å².